The van der Waals surface area contributed by atoms with Gasteiger partial charge in [0, 0.05) is 31.2 Å². The molecule has 0 amide bonds. The van der Waals surface area contributed by atoms with E-state index >= 15 is 0 Å². The summed E-state index contributed by atoms with van der Waals surface area (Å²) in [6.07, 6.45) is 0.896. The molecule has 1 N–H and O–H groups in total. The Bertz CT molecular complexity index is 725. The van der Waals surface area contributed by atoms with Gasteiger partial charge in [0.25, 0.3) is 0 Å². The fourth-order valence-electron chi connectivity index (χ4n) is 3.04. The van der Waals surface area contributed by atoms with Crippen LogP contribution in [0.2, 0.25) is 0 Å². The molecule has 148 valence electrons. The average Bonchev–Trinajstić information content (AvgIpc) is 2.57. The van der Waals surface area contributed by atoms with Crippen LogP contribution in [0.3, 0.4) is 0 Å². The van der Waals surface area contributed by atoms with Gasteiger partial charge in [0.15, 0.2) is 0 Å². The standard InChI is InChI=1S/C16H22F2N2O4S.ClH/c1-2-25(23,24)20-7-5-14(6-8-20)19(11-16(21)22)10-12-9-13(17)3-4-15(12)18;/h3-4,9,14H,2,5-8,10-11H2,1H3,(H,21,22);1H. The van der Waals surface area contributed by atoms with Gasteiger partial charge in [-0.15, -0.1) is 12.4 Å². The minimum Gasteiger partial charge on any atom is -0.480 e. The van der Waals surface area contributed by atoms with Gasteiger partial charge in [0.05, 0.1) is 12.3 Å². The normalized spacial score (nSPS) is 16.5. The monoisotopic (exact) mass is 412 g/mol. The Balaban J connectivity index is 0.00000338. The van der Waals surface area contributed by atoms with Crippen molar-refractivity contribution in [2.45, 2.75) is 32.4 Å². The van der Waals surface area contributed by atoms with Gasteiger partial charge in [-0.05, 0) is 38.0 Å². The molecule has 0 radical (unpaired) electrons. The maximum Gasteiger partial charge on any atom is 0.317 e. The molecule has 26 heavy (non-hydrogen) atoms. The summed E-state index contributed by atoms with van der Waals surface area (Å²) in [6.45, 7) is 1.80. The van der Waals surface area contributed by atoms with Gasteiger partial charge in [-0.1, -0.05) is 0 Å². The van der Waals surface area contributed by atoms with E-state index < -0.39 is 27.6 Å². The maximum absolute atomic E-state index is 13.9. The Morgan fingerprint density at radius 1 is 1.31 bits per heavy atom. The first-order valence-electron chi connectivity index (χ1n) is 8.10. The quantitative estimate of drug-likeness (QED) is 0.742. The molecule has 0 aliphatic carbocycles. The number of halogens is 3. The molecule has 6 nitrogen and oxygen atoms in total. The molecule has 1 fully saturated rings. The number of hydrogen-bond donors (Lipinski definition) is 1. The van der Waals surface area contributed by atoms with Crippen molar-refractivity contribution in [3.63, 3.8) is 0 Å². The molecule has 0 atom stereocenters. The van der Waals surface area contributed by atoms with E-state index in [0.29, 0.717) is 25.9 Å². The predicted octanol–water partition coefficient (Wildman–Crippen LogP) is 2.09. The van der Waals surface area contributed by atoms with E-state index in [1.807, 2.05) is 0 Å². The molecular weight excluding hydrogens is 390 g/mol. The van der Waals surface area contributed by atoms with Crippen LogP contribution in [0, 0.1) is 11.6 Å². The number of rotatable bonds is 7. The summed E-state index contributed by atoms with van der Waals surface area (Å²) in [5, 5.41) is 9.12. The van der Waals surface area contributed by atoms with Crippen molar-refractivity contribution in [1.29, 1.82) is 0 Å². The Kier molecular flexibility index (Phi) is 8.39. The first-order chi connectivity index (χ1) is 11.7. The summed E-state index contributed by atoms with van der Waals surface area (Å²) in [7, 11) is -3.28. The second-order valence-corrected chi connectivity index (χ2v) is 8.32. The molecule has 2 rings (SSSR count). The third-order valence-electron chi connectivity index (χ3n) is 4.42. The summed E-state index contributed by atoms with van der Waals surface area (Å²) < 4.78 is 52.4. The van der Waals surface area contributed by atoms with Gasteiger partial charge in [-0.3, -0.25) is 9.69 Å². The van der Waals surface area contributed by atoms with Crippen molar-refractivity contribution < 1.29 is 27.1 Å². The fourth-order valence-corrected chi connectivity index (χ4v) is 4.17. The van der Waals surface area contributed by atoms with Crippen LogP contribution in [0.15, 0.2) is 18.2 Å². The molecule has 0 aromatic heterocycles. The van der Waals surface area contributed by atoms with Crippen LogP contribution in [-0.2, 0) is 21.4 Å². The lowest BCUT2D eigenvalue weighted by atomic mass is 10.0. The maximum atomic E-state index is 13.9. The Morgan fingerprint density at radius 2 is 1.92 bits per heavy atom. The zero-order valence-corrected chi connectivity index (χ0v) is 16.0. The second kappa shape index (κ2) is 9.59. The van der Waals surface area contributed by atoms with Gasteiger partial charge in [0.1, 0.15) is 11.6 Å². The number of carboxylic acid groups (broad SMARTS) is 1. The van der Waals surface area contributed by atoms with Crippen LogP contribution >= 0.6 is 12.4 Å². The average molecular weight is 413 g/mol. The zero-order valence-electron chi connectivity index (χ0n) is 14.4. The SMILES string of the molecule is CCS(=O)(=O)N1CCC(N(CC(=O)O)Cc2cc(F)ccc2F)CC1.Cl. The smallest absolute Gasteiger partial charge is 0.317 e. The van der Waals surface area contributed by atoms with Crippen molar-refractivity contribution in [1.82, 2.24) is 9.21 Å². The van der Waals surface area contributed by atoms with E-state index in [2.05, 4.69) is 0 Å². The number of nitrogens with zero attached hydrogens (tertiary/aromatic N) is 2. The van der Waals surface area contributed by atoms with E-state index in [0.717, 1.165) is 18.2 Å². The van der Waals surface area contributed by atoms with Crippen LogP contribution in [0.25, 0.3) is 0 Å². The molecule has 10 heteroatoms. The van der Waals surface area contributed by atoms with Crippen LogP contribution in [0.1, 0.15) is 25.3 Å². The van der Waals surface area contributed by atoms with E-state index in [4.69, 9.17) is 5.11 Å². The van der Waals surface area contributed by atoms with E-state index in [-0.39, 0.29) is 42.9 Å². The van der Waals surface area contributed by atoms with Crippen LogP contribution < -0.4 is 0 Å². The second-order valence-electron chi connectivity index (χ2n) is 6.07. The molecule has 1 saturated heterocycles. The highest BCUT2D eigenvalue weighted by Crippen LogP contribution is 2.22. The highest BCUT2D eigenvalue weighted by molar-refractivity contribution is 7.89. The van der Waals surface area contributed by atoms with Crippen LogP contribution in [0.5, 0.6) is 0 Å². The van der Waals surface area contributed by atoms with Crippen LogP contribution in [0.4, 0.5) is 8.78 Å². The van der Waals surface area contributed by atoms with Gasteiger partial charge < -0.3 is 5.11 Å². The van der Waals surface area contributed by atoms with Gasteiger partial charge >= 0.3 is 5.97 Å². The Hall–Kier alpha value is -1.29. The molecular formula is C16H23ClF2N2O4S. The lowest BCUT2D eigenvalue weighted by Crippen LogP contribution is -2.48. The number of carboxylic acids is 1. The molecule has 0 unspecified atom stereocenters. The number of piperidine rings is 1. The molecule has 0 spiro atoms. The summed E-state index contributed by atoms with van der Waals surface area (Å²) >= 11 is 0. The lowest BCUT2D eigenvalue weighted by Gasteiger charge is -2.37. The Morgan fingerprint density at radius 3 is 2.46 bits per heavy atom. The van der Waals surface area contributed by atoms with Gasteiger partial charge in [0.2, 0.25) is 10.0 Å². The molecule has 0 bridgehead atoms. The van der Waals surface area contributed by atoms with E-state index in [1.165, 1.54) is 4.31 Å². The van der Waals surface area contributed by atoms with Crippen molar-refractivity contribution in [2.75, 3.05) is 25.4 Å². The third kappa shape index (κ3) is 5.87. The number of aliphatic carboxylic acids is 1. The highest BCUT2D eigenvalue weighted by atomic mass is 35.5. The number of carbonyl (C=O) groups is 1. The van der Waals surface area contributed by atoms with Gasteiger partial charge in [-0.2, -0.15) is 0 Å². The zero-order chi connectivity index (χ0) is 18.6. The molecule has 1 aliphatic heterocycles. The number of benzene rings is 1. The Labute approximate surface area is 158 Å². The number of hydrogen-bond acceptors (Lipinski definition) is 4. The molecule has 1 heterocycles. The van der Waals surface area contributed by atoms with E-state index in [9.17, 15) is 22.0 Å². The number of sulfonamides is 1. The van der Waals surface area contributed by atoms with E-state index in [1.54, 1.807) is 11.8 Å². The predicted molar refractivity (Wildman–Crippen MR) is 95.7 cm³/mol. The summed E-state index contributed by atoms with van der Waals surface area (Å²) in [5.74, 6) is -2.23. The molecule has 1 aromatic carbocycles. The van der Waals surface area contributed by atoms with Crippen molar-refractivity contribution in [2.24, 2.45) is 0 Å². The third-order valence-corrected chi connectivity index (χ3v) is 6.30. The lowest BCUT2D eigenvalue weighted by molar-refractivity contribution is -0.139. The van der Waals surface area contributed by atoms with Gasteiger partial charge in [-0.25, -0.2) is 21.5 Å². The molecule has 0 saturated carbocycles. The summed E-state index contributed by atoms with van der Waals surface area (Å²) in [4.78, 5) is 12.7. The first-order valence-corrected chi connectivity index (χ1v) is 9.71. The molecule has 1 aromatic rings. The first kappa shape index (κ1) is 22.8. The van der Waals surface area contributed by atoms with Crippen molar-refractivity contribution >= 4 is 28.4 Å². The molecule has 1 aliphatic rings. The minimum absolute atomic E-state index is 0. The van der Waals surface area contributed by atoms with Crippen molar-refractivity contribution in [3.8, 4) is 0 Å². The minimum atomic E-state index is -3.28. The summed E-state index contributed by atoms with van der Waals surface area (Å²) in [6, 6.07) is 2.87. The highest BCUT2D eigenvalue weighted by Gasteiger charge is 2.30. The topological polar surface area (TPSA) is 77.9 Å². The van der Waals surface area contributed by atoms with Crippen LogP contribution in [-0.4, -0.2) is 60.1 Å². The largest absolute Gasteiger partial charge is 0.480 e. The fraction of sp³-hybridized carbons (Fsp3) is 0.562. The van der Waals surface area contributed by atoms with Crippen molar-refractivity contribution in [3.05, 3.63) is 35.4 Å². The summed E-state index contributed by atoms with van der Waals surface area (Å²) in [5.41, 5.74) is 0.0878.